The molecule has 0 bridgehead atoms. The fraction of sp³-hybridized carbons (Fsp3) is 0.381. The first kappa shape index (κ1) is 22.6. The normalized spacial score (nSPS) is 14.7. The summed E-state index contributed by atoms with van der Waals surface area (Å²) in [6.07, 6.45) is 1.63. The first-order valence-corrected chi connectivity index (χ1v) is 10.3. The van der Waals surface area contributed by atoms with Gasteiger partial charge in [0, 0.05) is 31.5 Å². The maximum absolute atomic E-state index is 14.6. The van der Waals surface area contributed by atoms with Crippen LogP contribution in [0.5, 0.6) is 0 Å². The van der Waals surface area contributed by atoms with E-state index in [1.807, 2.05) is 0 Å². The summed E-state index contributed by atoms with van der Waals surface area (Å²) in [4.78, 5) is 23.6. The molecular formula is C21H21F4N7O. The van der Waals surface area contributed by atoms with Gasteiger partial charge in [-0.25, -0.2) is 14.4 Å². The van der Waals surface area contributed by atoms with Crippen molar-refractivity contribution in [3.63, 3.8) is 0 Å². The molecule has 1 aliphatic rings. The van der Waals surface area contributed by atoms with Crippen molar-refractivity contribution in [2.75, 3.05) is 18.4 Å². The molecule has 0 radical (unpaired) electrons. The number of para-hydroxylation sites is 1. The minimum Gasteiger partial charge on any atom is -0.352 e. The minimum atomic E-state index is -4.52. The number of rotatable bonds is 8. The molecule has 0 spiro atoms. The van der Waals surface area contributed by atoms with Gasteiger partial charge in [-0.2, -0.15) is 23.4 Å². The summed E-state index contributed by atoms with van der Waals surface area (Å²) in [6.45, 7) is 2.45. The van der Waals surface area contributed by atoms with E-state index in [4.69, 9.17) is 0 Å². The summed E-state index contributed by atoms with van der Waals surface area (Å²) in [6, 6.07) is 3.81. The molecule has 0 unspecified atom stereocenters. The fourth-order valence-corrected chi connectivity index (χ4v) is 3.33. The zero-order valence-electron chi connectivity index (χ0n) is 17.6. The smallest absolute Gasteiger partial charge is 0.352 e. The van der Waals surface area contributed by atoms with E-state index in [9.17, 15) is 22.4 Å². The van der Waals surface area contributed by atoms with E-state index < -0.39 is 23.5 Å². The van der Waals surface area contributed by atoms with E-state index in [1.165, 1.54) is 30.6 Å². The zero-order valence-corrected chi connectivity index (χ0v) is 17.6. The lowest BCUT2D eigenvalue weighted by Gasteiger charge is -2.30. The third-order valence-corrected chi connectivity index (χ3v) is 5.32. The number of carbonyl (C=O) groups excluding carboxylic acids is 1. The van der Waals surface area contributed by atoms with E-state index in [-0.39, 0.29) is 29.8 Å². The van der Waals surface area contributed by atoms with Crippen LogP contribution < -0.4 is 5.32 Å². The maximum Gasteiger partial charge on any atom is 0.419 e. The molecule has 2 heterocycles. The van der Waals surface area contributed by atoms with E-state index in [1.54, 1.807) is 11.8 Å². The molecule has 2 aromatic heterocycles. The number of amides is 1. The van der Waals surface area contributed by atoms with Crippen LogP contribution in [0.15, 0.2) is 43.0 Å². The summed E-state index contributed by atoms with van der Waals surface area (Å²) in [7, 11) is 0. The average molecular weight is 463 g/mol. The fourth-order valence-electron chi connectivity index (χ4n) is 3.33. The summed E-state index contributed by atoms with van der Waals surface area (Å²) >= 11 is 0. The Hall–Kier alpha value is -3.57. The van der Waals surface area contributed by atoms with Gasteiger partial charge in [0.25, 0.3) is 5.91 Å². The molecule has 33 heavy (non-hydrogen) atoms. The molecular weight excluding hydrogens is 442 g/mol. The number of hydrogen-bond acceptors (Lipinski definition) is 6. The minimum absolute atomic E-state index is 0.0147. The highest BCUT2D eigenvalue weighted by molar-refractivity contribution is 5.98. The number of benzene rings is 1. The van der Waals surface area contributed by atoms with Crippen LogP contribution in [0.4, 0.5) is 23.5 Å². The summed E-state index contributed by atoms with van der Waals surface area (Å²) in [5, 5.41) is 10.8. The van der Waals surface area contributed by atoms with Crippen molar-refractivity contribution in [2.45, 2.75) is 32.0 Å². The molecule has 3 aromatic rings. The van der Waals surface area contributed by atoms with Crippen LogP contribution in [0.25, 0.3) is 5.69 Å². The molecule has 1 N–H and O–H groups in total. The van der Waals surface area contributed by atoms with Gasteiger partial charge in [0.15, 0.2) is 5.82 Å². The first-order valence-electron chi connectivity index (χ1n) is 10.3. The van der Waals surface area contributed by atoms with E-state index in [2.05, 4.69) is 25.5 Å². The Kier molecular flexibility index (Phi) is 6.25. The molecule has 1 saturated carbocycles. The van der Waals surface area contributed by atoms with Crippen LogP contribution in [0, 0.1) is 11.7 Å². The van der Waals surface area contributed by atoms with Crippen molar-refractivity contribution >= 4 is 11.9 Å². The molecule has 1 fully saturated rings. The number of nitrogens with zero attached hydrogens (tertiary/aromatic N) is 6. The number of halogens is 4. The highest BCUT2D eigenvalue weighted by Gasteiger charge is 2.33. The predicted molar refractivity (Wildman–Crippen MR) is 110 cm³/mol. The van der Waals surface area contributed by atoms with Crippen LogP contribution in [-0.4, -0.2) is 54.9 Å². The SMILES string of the molecule is C[C@@H](CNc1ncc(C(F)(F)F)cn1)N(CC1CC1)C(=O)c1cccc(F)c1-n1nccn1. The molecule has 1 atom stereocenters. The molecule has 12 heteroatoms. The summed E-state index contributed by atoms with van der Waals surface area (Å²) in [5.74, 6) is -0.664. The molecule has 174 valence electrons. The Balaban J connectivity index is 1.53. The van der Waals surface area contributed by atoms with Crippen LogP contribution in [0.1, 0.15) is 35.7 Å². The molecule has 8 nitrogen and oxygen atoms in total. The number of hydrogen-bond donors (Lipinski definition) is 1. The van der Waals surface area contributed by atoms with Gasteiger partial charge in [0.05, 0.1) is 23.5 Å². The second kappa shape index (κ2) is 9.12. The van der Waals surface area contributed by atoms with Gasteiger partial charge in [0.2, 0.25) is 5.95 Å². The van der Waals surface area contributed by atoms with Gasteiger partial charge in [-0.3, -0.25) is 4.79 Å². The third kappa shape index (κ3) is 5.26. The van der Waals surface area contributed by atoms with Crippen LogP contribution in [-0.2, 0) is 6.18 Å². The van der Waals surface area contributed by atoms with Gasteiger partial charge >= 0.3 is 6.18 Å². The quantitative estimate of drug-likeness (QED) is 0.514. The van der Waals surface area contributed by atoms with Crippen LogP contribution >= 0.6 is 0 Å². The number of alkyl halides is 3. The van der Waals surface area contributed by atoms with Crippen molar-refractivity contribution in [3.05, 3.63) is 59.9 Å². The average Bonchev–Trinajstić information content (AvgIpc) is 3.45. The summed E-state index contributed by atoms with van der Waals surface area (Å²) in [5.41, 5.74) is -0.874. The highest BCUT2D eigenvalue weighted by atomic mass is 19.4. The Morgan fingerprint density at radius 2 is 1.88 bits per heavy atom. The summed E-state index contributed by atoms with van der Waals surface area (Å²) < 4.78 is 52.7. The predicted octanol–water partition coefficient (Wildman–Crippen LogP) is 3.57. The van der Waals surface area contributed by atoms with Crippen molar-refractivity contribution in [1.29, 1.82) is 0 Å². The number of aromatic nitrogens is 5. The lowest BCUT2D eigenvalue weighted by atomic mass is 10.1. The lowest BCUT2D eigenvalue weighted by Crippen LogP contribution is -2.44. The topological polar surface area (TPSA) is 88.8 Å². The van der Waals surface area contributed by atoms with Gasteiger partial charge in [0.1, 0.15) is 5.69 Å². The van der Waals surface area contributed by atoms with E-state index in [0.29, 0.717) is 24.9 Å². The van der Waals surface area contributed by atoms with E-state index in [0.717, 1.165) is 17.6 Å². The van der Waals surface area contributed by atoms with Crippen molar-refractivity contribution < 1.29 is 22.4 Å². The lowest BCUT2D eigenvalue weighted by molar-refractivity contribution is -0.138. The molecule has 1 amide bonds. The molecule has 4 rings (SSSR count). The standard InChI is InChI=1S/C21H21F4N7O/c1-13(9-26-20-27-10-15(11-28-20)21(23,24)25)31(12-14-5-6-14)19(33)16-3-2-4-17(22)18(16)32-29-7-8-30-32/h2-4,7-8,10-11,13-14H,5-6,9,12H2,1H3,(H,26,27,28)/t13-/m0/s1. The highest BCUT2D eigenvalue weighted by Crippen LogP contribution is 2.32. The number of carbonyl (C=O) groups is 1. The maximum atomic E-state index is 14.6. The van der Waals surface area contributed by atoms with Gasteiger partial charge in [-0.15, -0.1) is 4.80 Å². The van der Waals surface area contributed by atoms with Gasteiger partial charge in [-0.05, 0) is 37.8 Å². The Morgan fingerprint density at radius 1 is 1.21 bits per heavy atom. The largest absolute Gasteiger partial charge is 0.419 e. The molecule has 0 saturated heterocycles. The zero-order chi connectivity index (χ0) is 23.6. The van der Waals surface area contributed by atoms with Crippen LogP contribution in [0.2, 0.25) is 0 Å². The van der Waals surface area contributed by atoms with Crippen molar-refractivity contribution in [2.24, 2.45) is 5.92 Å². The Morgan fingerprint density at radius 3 is 2.48 bits per heavy atom. The number of nitrogens with one attached hydrogen (secondary N) is 1. The monoisotopic (exact) mass is 463 g/mol. The Labute approximate surface area is 186 Å². The molecule has 1 aliphatic carbocycles. The van der Waals surface area contributed by atoms with Crippen molar-refractivity contribution in [3.8, 4) is 5.69 Å². The second-order valence-corrected chi connectivity index (χ2v) is 7.88. The molecule has 0 aliphatic heterocycles. The first-order chi connectivity index (χ1) is 15.7. The van der Waals surface area contributed by atoms with Gasteiger partial charge in [-0.1, -0.05) is 6.07 Å². The number of anilines is 1. The van der Waals surface area contributed by atoms with Gasteiger partial charge < -0.3 is 10.2 Å². The Bertz CT molecular complexity index is 1100. The third-order valence-electron chi connectivity index (χ3n) is 5.32. The van der Waals surface area contributed by atoms with E-state index >= 15 is 0 Å². The van der Waals surface area contributed by atoms with Crippen LogP contribution in [0.3, 0.4) is 0 Å². The molecule has 1 aromatic carbocycles. The van der Waals surface area contributed by atoms with Crippen molar-refractivity contribution in [1.82, 2.24) is 29.9 Å². The second-order valence-electron chi connectivity index (χ2n) is 7.88.